The van der Waals surface area contributed by atoms with Gasteiger partial charge < -0.3 is 10.3 Å². The first-order chi connectivity index (χ1) is 11.0. The van der Waals surface area contributed by atoms with Crippen molar-refractivity contribution in [1.29, 1.82) is 0 Å². The summed E-state index contributed by atoms with van der Waals surface area (Å²) in [6, 6.07) is 5.13. The molecule has 23 heavy (non-hydrogen) atoms. The molecule has 2 rings (SSSR count). The molecule has 0 spiro atoms. The first-order valence-electron chi connectivity index (χ1n) is 6.83. The number of benzene rings is 1. The van der Waals surface area contributed by atoms with Crippen LogP contribution in [0.3, 0.4) is 0 Å². The predicted molar refractivity (Wildman–Crippen MR) is 77.8 cm³/mol. The van der Waals surface area contributed by atoms with Crippen molar-refractivity contribution in [2.45, 2.75) is 20.0 Å². The minimum absolute atomic E-state index is 0.104. The van der Waals surface area contributed by atoms with Crippen molar-refractivity contribution in [1.82, 2.24) is 5.48 Å². The van der Waals surface area contributed by atoms with Gasteiger partial charge >= 0.3 is 0 Å². The van der Waals surface area contributed by atoms with E-state index in [-0.39, 0.29) is 35.7 Å². The number of ketones is 1. The summed E-state index contributed by atoms with van der Waals surface area (Å²) in [5.74, 6) is -0.905. The number of hydrogen-bond acceptors (Lipinski definition) is 5. The lowest BCUT2D eigenvalue weighted by molar-refractivity contribution is -0.689. The van der Waals surface area contributed by atoms with E-state index >= 15 is 0 Å². The third-order valence-corrected chi connectivity index (χ3v) is 3.57. The number of nitrogens with one attached hydrogen (secondary N) is 1. The summed E-state index contributed by atoms with van der Waals surface area (Å²) in [7, 11) is 0. The number of pyridine rings is 1. The highest BCUT2D eigenvalue weighted by Gasteiger charge is 2.23. The zero-order valence-electron chi connectivity index (χ0n) is 12.4. The van der Waals surface area contributed by atoms with E-state index in [1.54, 1.807) is 6.92 Å². The number of aromatic nitrogens is 1. The average Bonchev–Trinajstić information content (AvgIpc) is 2.55. The minimum atomic E-state index is -0.438. The Kier molecular flexibility index (Phi) is 5.15. The highest BCUT2D eigenvalue weighted by Crippen LogP contribution is 2.21. The Morgan fingerprint density at radius 1 is 1.35 bits per heavy atom. The van der Waals surface area contributed by atoms with Crippen LogP contribution in [-0.2, 0) is 13.1 Å². The largest absolute Gasteiger partial charge is 0.502 e. The summed E-state index contributed by atoms with van der Waals surface area (Å²) >= 11 is 0. The van der Waals surface area contributed by atoms with Crippen LogP contribution in [0.1, 0.15) is 32.0 Å². The number of carbonyl (C=O) groups excluding carboxylic acids is 2. The molecule has 0 amide bonds. The first kappa shape index (κ1) is 16.7. The van der Waals surface area contributed by atoms with Crippen LogP contribution in [0.2, 0.25) is 0 Å². The smallest absolute Gasteiger partial charge is 0.227 e. The maximum Gasteiger partial charge on any atom is 0.227 e. The van der Waals surface area contributed by atoms with Gasteiger partial charge in [-0.05, 0) is 24.3 Å². The van der Waals surface area contributed by atoms with Gasteiger partial charge in [-0.1, -0.05) is 0 Å². The fourth-order valence-corrected chi connectivity index (χ4v) is 2.25. The molecule has 0 fully saturated rings. The normalized spacial score (nSPS) is 10.6. The Morgan fingerprint density at radius 2 is 2.00 bits per heavy atom. The van der Waals surface area contributed by atoms with Gasteiger partial charge in [0.25, 0.3) is 0 Å². The minimum Gasteiger partial charge on any atom is -0.502 e. The van der Waals surface area contributed by atoms with Crippen LogP contribution in [0.15, 0.2) is 30.5 Å². The molecule has 1 heterocycles. The number of aldehydes is 1. The van der Waals surface area contributed by atoms with Crippen molar-refractivity contribution in [2.75, 3.05) is 0 Å². The molecule has 0 saturated carbocycles. The van der Waals surface area contributed by atoms with Gasteiger partial charge in [0.1, 0.15) is 5.82 Å². The highest BCUT2D eigenvalue weighted by atomic mass is 19.1. The fraction of sp³-hybridized carbons (Fsp3) is 0.188. The number of nitrogens with zero attached hydrogens (tertiary/aromatic N) is 1. The van der Waals surface area contributed by atoms with Gasteiger partial charge in [-0.2, -0.15) is 4.57 Å². The van der Waals surface area contributed by atoms with Crippen molar-refractivity contribution in [2.24, 2.45) is 0 Å². The second-order valence-corrected chi connectivity index (χ2v) is 5.01. The van der Waals surface area contributed by atoms with Crippen LogP contribution in [0.5, 0.6) is 5.75 Å². The highest BCUT2D eigenvalue weighted by molar-refractivity contribution is 5.95. The molecule has 7 heteroatoms. The van der Waals surface area contributed by atoms with Crippen LogP contribution in [0.4, 0.5) is 4.39 Å². The number of carbonyl (C=O) groups is 2. The van der Waals surface area contributed by atoms with Gasteiger partial charge in [0, 0.05) is 18.1 Å². The van der Waals surface area contributed by atoms with Crippen molar-refractivity contribution >= 4 is 12.1 Å². The van der Waals surface area contributed by atoms with Crippen molar-refractivity contribution in [3.63, 3.8) is 0 Å². The summed E-state index contributed by atoms with van der Waals surface area (Å²) in [6.07, 6.45) is 1.96. The molecule has 0 radical (unpaired) electrons. The number of Topliss-reactive ketones (excluding diaryl/α,β-unsaturated/α-hetero) is 1. The van der Waals surface area contributed by atoms with E-state index in [1.165, 1.54) is 35.0 Å². The van der Waals surface area contributed by atoms with E-state index < -0.39 is 5.82 Å². The third-order valence-electron chi connectivity index (χ3n) is 3.57. The molecule has 1 aromatic carbocycles. The van der Waals surface area contributed by atoms with Crippen molar-refractivity contribution < 1.29 is 28.9 Å². The Bertz CT molecular complexity index is 745. The topological polar surface area (TPSA) is 90.5 Å². The van der Waals surface area contributed by atoms with Crippen molar-refractivity contribution in [3.8, 4) is 5.75 Å². The molecule has 0 bridgehead atoms. The second kappa shape index (κ2) is 7.08. The molecule has 2 aromatic rings. The maximum atomic E-state index is 12.9. The van der Waals surface area contributed by atoms with Gasteiger partial charge in [0.15, 0.2) is 18.2 Å². The van der Waals surface area contributed by atoms with E-state index in [1.807, 2.05) is 5.48 Å². The summed E-state index contributed by atoms with van der Waals surface area (Å²) in [6.45, 7) is 1.37. The number of hydroxylamine groups is 1. The molecule has 0 aliphatic heterocycles. The fourth-order valence-electron chi connectivity index (χ4n) is 2.25. The van der Waals surface area contributed by atoms with Crippen LogP contribution < -0.4 is 10.0 Å². The van der Waals surface area contributed by atoms with Crippen LogP contribution in [-0.4, -0.2) is 22.4 Å². The Morgan fingerprint density at radius 3 is 2.57 bits per heavy atom. The van der Waals surface area contributed by atoms with Gasteiger partial charge in [-0.25, -0.2) is 9.87 Å². The monoisotopic (exact) mass is 319 g/mol. The predicted octanol–water partition coefficient (Wildman–Crippen LogP) is 1.30. The molecule has 0 saturated heterocycles. The molecule has 0 aliphatic rings. The molecule has 120 valence electrons. The standard InChI is InChI=1S/C16H15FN2O4/c1-10-16(22)14(6-18-23)12(9-20)7-19(10)8-15(21)11-2-4-13(17)5-3-11/h2-5,7,9,18,23H,6,8H2,1H3/p+1. The SMILES string of the molecule is Cc1c(O)c(CNO)c(C=O)c[n+]1CC(=O)c1ccc(F)cc1. The number of rotatable bonds is 6. The first-order valence-corrected chi connectivity index (χ1v) is 6.83. The summed E-state index contributed by atoms with van der Waals surface area (Å²) < 4.78 is 14.3. The van der Waals surface area contributed by atoms with Gasteiger partial charge in [-0.3, -0.25) is 9.59 Å². The average molecular weight is 319 g/mol. The van der Waals surface area contributed by atoms with E-state index in [9.17, 15) is 19.1 Å². The maximum absolute atomic E-state index is 12.9. The van der Waals surface area contributed by atoms with Crippen LogP contribution in [0, 0.1) is 12.7 Å². The summed E-state index contributed by atoms with van der Waals surface area (Å²) in [4.78, 5) is 23.4. The molecule has 0 aliphatic carbocycles. The van der Waals surface area contributed by atoms with E-state index in [4.69, 9.17) is 5.21 Å². The Balaban J connectivity index is 2.36. The molecular formula is C16H16FN2O4+. The molecule has 0 atom stereocenters. The zero-order valence-corrected chi connectivity index (χ0v) is 12.4. The molecule has 0 unspecified atom stereocenters. The second-order valence-electron chi connectivity index (χ2n) is 5.01. The number of halogens is 1. The van der Waals surface area contributed by atoms with E-state index in [0.29, 0.717) is 17.5 Å². The summed E-state index contributed by atoms with van der Waals surface area (Å²) in [5, 5.41) is 18.9. The van der Waals surface area contributed by atoms with E-state index in [2.05, 4.69) is 0 Å². The Labute approximate surface area is 131 Å². The quantitative estimate of drug-likeness (QED) is 0.323. The third kappa shape index (κ3) is 3.58. The molecular weight excluding hydrogens is 303 g/mol. The lowest BCUT2D eigenvalue weighted by Gasteiger charge is -2.09. The summed E-state index contributed by atoms with van der Waals surface area (Å²) in [5.41, 5.74) is 2.98. The van der Waals surface area contributed by atoms with Crippen molar-refractivity contribution in [3.05, 3.63) is 58.7 Å². The molecule has 6 nitrogen and oxygen atoms in total. The number of hydrogen-bond donors (Lipinski definition) is 3. The van der Waals surface area contributed by atoms with Crippen LogP contribution in [0.25, 0.3) is 0 Å². The lowest BCUT2D eigenvalue weighted by Crippen LogP contribution is -2.41. The van der Waals surface area contributed by atoms with Gasteiger partial charge in [-0.15, -0.1) is 0 Å². The number of aromatic hydroxyl groups is 1. The van der Waals surface area contributed by atoms with E-state index in [0.717, 1.165) is 0 Å². The van der Waals surface area contributed by atoms with Crippen LogP contribution >= 0.6 is 0 Å². The molecule has 1 aromatic heterocycles. The Hall–Kier alpha value is -2.64. The zero-order chi connectivity index (χ0) is 17.0. The molecule has 3 N–H and O–H groups in total. The van der Waals surface area contributed by atoms with Gasteiger partial charge in [0.05, 0.1) is 12.1 Å². The lowest BCUT2D eigenvalue weighted by atomic mass is 10.1. The van der Waals surface area contributed by atoms with Gasteiger partial charge in [0.2, 0.25) is 18.0 Å².